The number of halogens is 1. The molecule has 0 spiro atoms. The summed E-state index contributed by atoms with van der Waals surface area (Å²) in [5.41, 5.74) is 1.57. The average molecular weight is 387 g/mol. The molecule has 1 amide bonds. The Hall–Kier alpha value is -3.73. The largest absolute Gasteiger partial charge is 0.465 e. The van der Waals surface area contributed by atoms with Gasteiger partial charge in [-0.1, -0.05) is 54.6 Å². The SMILES string of the molecule is COC(=O)C1=C(C)N(c2cccc3ccccc23)C(=O)/C1=C\c1ccccc1F. The summed E-state index contributed by atoms with van der Waals surface area (Å²) in [5, 5.41) is 1.84. The molecule has 0 N–H and O–H groups in total. The maximum Gasteiger partial charge on any atom is 0.340 e. The molecular formula is C24H18FNO3. The summed E-state index contributed by atoms with van der Waals surface area (Å²) < 4.78 is 19.1. The van der Waals surface area contributed by atoms with Crippen LogP contribution in [-0.2, 0) is 14.3 Å². The minimum atomic E-state index is -0.638. The predicted molar refractivity (Wildman–Crippen MR) is 111 cm³/mol. The minimum Gasteiger partial charge on any atom is -0.465 e. The van der Waals surface area contributed by atoms with Gasteiger partial charge < -0.3 is 4.74 Å². The number of ether oxygens (including phenoxy) is 1. The van der Waals surface area contributed by atoms with E-state index in [9.17, 15) is 14.0 Å². The number of hydrogen-bond acceptors (Lipinski definition) is 3. The zero-order valence-electron chi connectivity index (χ0n) is 16.0. The molecule has 0 aromatic heterocycles. The van der Waals surface area contributed by atoms with Crippen LogP contribution in [0.2, 0.25) is 0 Å². The van der Waals surface area contributed by atoms with Crippen molar-refractivity contribution >= 4 is 34.4 Å². The van der Waals surface area contributed by atoms with E-state index in [0.717, 1.165) is 10.8 Å². The van der Waals surface area contributed by atoms with Gasteiger partial charge in [0.05, 0.1) is 23.9 Å². The number of esters is 1. The number of benzene rings is 3. The number of rotatable bonds is 3. The van der Waals surface area contributed by atoms with Gasteiger partial charge in [-0.15, -0.1) is 0 Å². The van der Waals surface area contributed by atoms with Gasteiger partial charge >= 0.3 is 5.97 Å². The molecule has 29 heavy (non-hydrogen) atoms. The Balaban J connectivity index is 1.93. The highest BCUT2D eigenvalue weighted by Gasteiger charge is 2.38. The van der Waals surface area contributed by atoms with Crippen LogP contribution in [0.3, 0.4) is 0 Å². The number of fused-ring (bicyclic) bond motifs is 1. The van der Waals surface area contributed by atoms with Crippen molar-refractivity contribution in [1.29, 1.82) is 0 Å². The maximum atomic E-state index is 14.2. The molecule has 0 fully saturated rings. The Morgan fingerprint density at radius 1 is 1.00 bits per heavy atom. The zero-order chi connectivity index (χ0) is 20.5. The van der Waals surface area contributed by atoms with E-state index in [-0.39, 0.29) is 16.7 Å². The number of methoxy groups -OCH3 is 1. The predicted octanol–water partition coefficient (Wildman–Crippen LogP) is 4.86. The second-order valence-corrected chi connectivity index (χ2v) is 6.67. The van der Waals surface area contributed by atoms with Gasteiger partial charge in [0.1, 0.15) is 5.82 Å². The lowest BCUT2D eigenvalue weighted by molar-refractivity contribution is -0.136. The summed E-state index contributed by atoms with van der Waals surface area (Å²) in [6.45, 7) is 1.69. The molecule has 0 saturated heterocycles. The number of allylic oxidation sites excluding steroid dienone is 1. The molecule has 1 aliphatic rings. The quantitative estimate of drug-likeness (QED) is 0.476. The number of nitrogens with zero attached hydrogens (tertiary/aromatic N) is 1. The molecule has 0 bridgehead atoms. The molecular weight excluding hydrogens is 369 g/mol. The zero-order valence-corrected chi connectivity index (χ0v) is 16.0. The van der Waals surface area contributed by atoms with Crippen LogP contribution in [-0.4, -0.2) is 19.0 Å². The normalized spacial score (nSPS) is 15.5. The van der Waals surface area contributed by atoms with Crippen molar-refractivity contribution in [1.82, 2.24) is 0 Å². The van der Waals surface area contributed by atoms with Crippen molar-refractivity contribution in [2.45, 2.75) is 6.92 Å². The Labute approximate surface area is 167 Å². The molecule has 0 saturated carbocycles. The highest BCUT2D eigenvalue weighted by molar-refractivity contribution is 6.25. The molecule has 0 unspecified atom stereocenters. The Morgan fingerprint density at radius 3 is 2.45 bits per heavy atom. The number of anilines is 1. The summed E-state index contributed by atoms with van der Waals surface area (Å²) in [5.74, 6) is -1.51. The Kier molecular flexibility index (Phi) is 4.72. The standard InChI is InChI=1S/C24H18FNO3/c1-15-22(24(28)29-2)19(14-17-9-4-6-12-20(17)25)23(27)26(15)21-13-7-10-16-8-3-5-11-18(16)21/h3-14H,1-2H3/b19-14-. The van der Waals surface area contributed by atoms with Crippen LogP contribution in [0.5, 0.6) is 0 Å². The van der Waals surface area contributed by atoms with Gasteiger partial charge in [0.2, 0.25) is 0 Å². The van der Waals surface area contributed by atoms with E-state index in [2.05, 4.69) is 0 Å². The summed E-state index contributed by atoms with van der Waals surface area (Å²) in [6.07, 6.45) is 1.40. The van der Waals surface area contributed by atoms with Crippen LogP contribution in [0, 0.1) is 5.82 Å². The fourth-order valence-corrected chi connectivity index (χ4v) is 3.62. The van der Waals surface area contributed by atoms with Gasteiger partial charge in [0.15, 0.2) is 0 Å². The molecule has 1 aliphatic heterocycles. The van der Waals surface area contributed by atoms with E-state index in [1.54, 1.807) is 25.1 Å². The van der Waals surface area contributed by atoms with Gasteiger partial charge in [-0.05, 0) is 30.5 Å². The first-order chi connectivity index (χ1) is 14.0. The highest BCUT2D eigenvalue weighted by Crippen LogP contribution is 2.38. The van der Waals surface area contributed by atoms with E-state index >= 15 is 0 Å². The smallest absolute Gasteiger partial charge is 0.340 e. The molecule has 4 nitrogen and oxygen atoms in total. The first kappa shape index (κ1) is 18.6. The van der Waals surface area contributed by atoms with Gasteiger partial charge in [-0.25, -0.2) is 9.18 Å². The Morgan fingerprint density at radius 2 is 1.69 bits per heavy atom. The van der Waals surface area contributed by atoms with Crippen LogP contribution >= 0.6 is 0 Å². The number of carbonyl (C=O) groups excluding carboxylic acids is 2. The number of carbonyl (C=O) groups is 2. The molecule has 0 aliphatic carbocycles. The van der Waals surface area contributed by atoms with E-state index < -0.39 is 17.7 Å². The van der Waals surface area contributed by atoms with Gasteiger partial charge in [-0.2, -0.15) is 0 Å². The van der Waals surface area contributed by atoms with E-state index in [4.69, 9.17) is 4.74 Å². The summed E-state index contributed by atoms with van der Waals surface area (Å²) >= 11 is 0. The maximum absolute atomic E-state index is 14.2. The van der Waals surface area contributed by atoms with Gasteiger partial charge in [0, 0.05) is 16.6 Å². The van der Waals surface area contributed by atoms with E-state index in [1.165, 1.54) is 24.2 Å². The third-order valence-electron chi connectivity index (χ3n) is 5.00. The van der Waals surface area contributed by atoms with Crippen molar-refractivity contribution in [3.8, 4) is 0 Å². The lowest BCUT2D eigenvalue weighted by Crippen LogP contribution is -2.24. The van der Waals surface area contributed by atoms with Gasteiger partial charge in [0.25, 0.3) is 5.91 Å². The third kappa shape index (κ3) is 3.10. The van der Waals surface area contributed by atoms with Crippen LogP contribution < -0.4 is 4.90 Å². The first-order valence-electron chi connectivity index (χ1n) is 9.11. The lowest BCUT2D eigenvalue weighted by Gasteiger charge is -2.20. The van der Waals surface area contributed by atoms with Crippen LogP contribution in [0.15, 0.2) is 83.6 Å². The summed E-state index contributed by atoms with van der Waals surface area (Å²) in [7, 11) is 1.26. The monoisotopic (exact) mass is 387 g/mol. The van der Waals surface area contributed by atoms with Crippen molar-refractivity contribution in [2.24, 2.45) is 0 Å². The van der Waals surface area contributed by atoms with Crippen LogP contribution in [0.25, 0.3) is 16.8 Å². The molecule has 3 aromatic rings. The first-order valence-corrected chi connectivity index (χ1v) is 9.11. The molecule has 0 radical (unpaired) electrons. The molecule has 144 valence electrons. The third-order valence-corrected chi connectivity index (χ3v) is 5.00. The van der Waals surface area contributed by atoms with Crippen LogP contribution in [0.1, 0.15) is 12.5 Å². The molecule has 5 heteroatoms. The number of amides is 1. The van der Waals surface area contributed by atoms with E-state index in [1.807, 2.05) is 42.5 Å². The van der Waals surface area contributed by atoms with Crippen molar-refractivity contribution < 1.29 is 18.7 Å². The van der Waals surface area contributed by atoms with Crippen molar-refractivity contribution in [2.75, 3.05) is 12.0 Å². The lowest BCUT2D eigenvalue weighted by atomic mass is 10.0. The second-order valence-electron chi connectivity index (χ2n) is 6.67. The van der Waals surface area contributed by atoms with Gasteiger partial charge in [-0.3, -0.25) is 9.69 Å². The average Bonchev–Trinajstić information content (AvgIpc) is 2.98. The molecule has 4 rings (SSSR count). The topological polar surface area (TPSA) is 46.6 Å². The molecule has 1 heterocycles. The van der Waals surface area contributed by atoms with Crippen molar-refractivity contribution in [3.63, 3.8) is 0 Å². The second kappa shape index (κ2) is 7.36. The number of hydrogen-bond donors (Lipinski definition) is 0. The summed E-state index contributed by atoms with van der Waals surface area (Å²) in [6, 6.07) is 19.4. The summed E-state index contributed by atoms with van der Waals surface area (Å²) in [4.78, 5) is 27.4. The fourth-order valence-electron chi connectivity index (χ4n) is 3.62. The van der Waals surface area contributed by atoms with Crippen molar-refractivity contribution in [3.05, 3.63) is 95.0 Å². The highest BCUT2D eigenvalue weighted by atomic mass is 19.1. The molecule has 3 aromatic carbocycles. The van der Waals surface area contributed by atoms with Crippen LogP contribution in [0.4, 0.5) is 10.1 Å². The fraction of sp³-hybridized carbons (Fsp3) is 0.0833. The van der Waals surface area contributed by atoms with E-state index in [0.29, 0.717) is 11.4 Å². The minimum absolute atomic E-state index is 0.104. The molecule has 0 atom stereocenters. The Bertz CT molecular complexity index is 1200.